The maximum absolute atomic E-state index is 13.4. The van der Waals surface area contributed by atoms with E-state index in [1.54, 1.807) is 17.4 Å². The van der Waals surface area contributed by atoms with E-state index in [0.717, 1.165) is 28.0 Å². The van der Waals surface area contributed by atoms with Gasteiger partial charge in [0.1, 0.15) is 5.82 Å². The third kappa shape index (κ3) is 3.92. The summed E-state index contributed by atoms with van der Waals surface area (Å²) in [6.07, 6.45) is 14.0. The molecule has 25 heavy (non-hydrogen) atoms. The van der Waals surface area contributed by atoms with Crippen LogP contribution in [-0.2, 0) is 0 Å². The standard InChI is InChI=1S/C22H30FNS/c1-2-3-15-4-6-16(7-5-15)17-8-10-18(11-9-17)22-24-20-13-12-19(23)14-21(20)25-22/h12-18H,2-11H2,1H3/t15-,16-,17?,18?. The van der Waals surface area contributed by atoms with Crippen LogP contribution in [0.2, 0.25) is 0 Å². The van der Waals surface area contributed by atoms with E-state index in [0.29, 0.717) is 5.92 Å². The van der Waals surface area contributed by atoms with Crippen molar-refractivity contribution in [3.63, 3.8) is 0 Å². The van der Waals surface area contributed by atoms with Gasteiger partial charge in [-0.3, -0.25) is 0 Å². The number of halogens is 1. The fourth-order valence-corrected chi connectivity index (χ4v) is 6.45. The van der Waals surface area contributed by atoms with Gasteiger partial charge in [0.15, 0.2) is 0 Å². The highest BCUT2D eigenvalue weighted by Gasteiger charge is 2.31. The zero-order chi connectivity index (χ0) is 17.2. The van der Waals surface area contributed by atoms with Crippen LogP contribution in [0.1, 0.15) is 82.1 Å². The van der Waals surface area contributed by atoms with Crippen molar-refractivity contribution in [2.24, 2.45) is 17.8 Å². The average Bonchev–Trinajstić information content (AvgIpc) is 3.06. The van der Waals surface area contributed by atoms with E-state index in [-0.39, 0.29) is 5.82 Å². The Morgan fingerprint density at radius 3 is 2.36 bits per heavy atom. The highest BCUT2D eigenvalue weighted by molar-refractivity contribution is 7.18. The summed E-state index contributed by atoms with van der Waals surface area (Å²) in [7, 11) is 0. The highest BCUT2D eigenvalue weighted by atomic mass is 32.1. The van der Waals surface area contributed by atoms with Gasteiger partial charge in [0, 0.05) is 5.92 Å². The average molecular weight is 360 g/mol. The number of rotatable bonds is 4. The number of fused-ring (bicyclic) bond motifs is 1. The largest absolute Gasteiger partial charge is 0.241 e. The summed E-state index contributed by atoms with van der Waals surface area (Å²) in [5, 5.41) is 1.24. The smallest absolute Gasteiger partial charge is 0.124 e. The van der Waals surface area contributed by atoms with Crippen molar-refractivity contribution >= 4 is 21.6 Å². The predicted octanol–water partition coefficient (Wildman–Crippen LogP) is 7.32. The van der Waals surface area contributed by atoms with Gasteiger partial charge < -0.3 is 0 Å². The fourth-order valence-electron chi connectivity index (χ4n) is 5.29. The van der Waals surface area contributed by atoms with Crippen LogP contribution < -0.4 is 0 Å². The molecule has 1 aromatic heterocycles. The SMILES string of the molecule is CCC[C@H]1CC[C@H](C2CCC(c3nc4ccc(F)cc4s3)CC2)CC1. The summed E-state index contributed by atoms with van der Waals surface area (Å²) in [6, 6.07) is 4.99. The summed E-state index contributed by atoms with van der Waals surface area (Å²) >= 11 is 1.71. The van der Waals surface area contributed by atoms with Crippen LogP contribution in [0.3, 0.4) is 0 Å². The Kier molecular flexibility index (Phi) is 5.40. The molecule has 2 aromatic rings. The third-order valence-corrected chi connectivity index (χ3v) is 7.92. The first kappa shape index (κ1) is 17.5. The topological polar surface area (TPSA) is 12.9 Å². The van der Waals surface area contributed by atoms with Gasteiger partial charge in [-0.1, -0.05) is 32.6 Å². The molecule has 2 aliphatic rings. The zero-order valence-electron chi connectivity index (χ0n) is 15.3. The van der Waals surface area contributed by atoms with Crippen molar-refractivity contribution in [3.05, 3.63) is 29.0 Å². The summed E-state index contributed by atoms with van der Waals surface area (Å²) in [6.45, 7) is 2.32. The Bertz CT molecular complexity index is 693. The van der Waals surface area contributed by atoms with Crippen molar-refractivity contribution in [2.45, 2.75) is 77.0 Å². The summed E-state index contributed by atoms with van der Waals surface area (Å²) in [5.74, 6) is 3.41. The minimum absolute atomic E-state index is 0.148. The Morgan fingerprint density at radius 1 is 1.00 bits per heavy atom. The lowest BCUT2D eigenvalue weighted by Gasteiger charge is -2.37. The van der Waals surface area contributed by atoms with Gasteiger partial charge in [0.25, 0.3) is 0 Å². The van der Waals surface area contributed by atoms with E-state index in [4.69, 9.17) is 4.98 Å². The predicted molar refractivity (Wildman–Crippen MR) is 105 cm³/mol. The number of benzene rings is 1. The van der Waals surface area contributed by atoms with Crippen LogP contribution in [0.5, 0.6) is 0 Å². The Labute approximate surface area is 155 Å². The van der Waals surface area contributed by atoms with Crippen LogP contribution in [0.4, 0.5) is 4.39 Å². The molecule has 2 aliphatic carbocycles. The molecule has 0 amide bonds. The Hall–Kier alpha value is -0.960. The van der Waals surface area contributed by atoms with E-state index in [9.17, 15) is 4.39 Å². The summed E-state index contributed by atoms with van der Waals surface area (Å²) < 4.78 is 14.4. The van der Waals surface area contributed by atoms with Crippen molar-refractivity contribution < 1.29 is 4.39 Å². The van der Waals surface area contributed by atoms with Gasteiger partial charge in [-0.05, 0) is 74.5 Å². The second-order valence-electron chi connectivity index (χ2n) is 8.35. The minimum atomic E-state index is -0.148. The van der Waals surface area contributed by atoms with Crippen molar-refractivity contribution in [1.29, 1.82) is 0 Å². The van der Waals surface area contributed by atoms with E-state index < -0.39 is 0 Å². The van der Waals surface area contributed by atoms with Crippen LogP contribution in [0, 0.1) is 23.6 Å². The first-order chi connectivity index (χ1) is 12.2. The number of hydrogen-bond donors (Lipinski definition) is 0. The number of hydrogen-bond acceptors (Lipinski definition) is 2. The van der Waals surface area contributed by atoms with Gasteiger partial charge in [-0.2, -0.15) is 0 Å². The lowest BCUT2D eigenvalue weighted by molar-refractivity contribution is 0.156. The molecule has 0 bridgehead atoms. The third-order valence-electron chi connectivity index (χ3n) is 6.74. The Morgan fingerprint density at radius 2 is 1.68 bits per heavy atom. The van der Waals surface area contributed by atoms with E-state index >= 15 is 0 Å². The highest BCUT2D eigenvalue weighted by Crippen LogP contribution is 2.45. The number of aromatic nitrogens is 1. The maximum Gasteiger partial charge on any atom is 0.124 e. The normalized spacial score (nSPS) is 30.6. The molecule has 0 N–H and O–H groups in total. The van der Waals surface area contributed by atoms with Crippen LogP contribution in [0.15, 0.2) is 18.2 Å². The molecule has 0 aliphatic heterocycles. The zero-order valence-corrected chi connectivity index (χ0v) is 16.2. The van der Waals surface area contributed by atoms with Gasteiger partial charge in [0.05, 0.1) is 15.2 Å². The van der Waals surface area contributed by atoms with Crippen LogP contribution in [-0.4, -0.2) is 4.98 Å². The molecule has 3 heteroatoms. The summed E-state index contributed by atoms with van der Waals surface area (Å²) in [4.78, 5) is 4.80. The van der Waals surface area contributed by atoms with E-state index in [1.165, 1.54) is 75.3 Å². The Balaban J connectivity index is 1.33. The van der Waals surface area contributed by atoms with Crippen molar-refractivity contribution in [1.82, 2.24) is 4.98 Å². The second kappa shape index (κ2) is 7.73. The maximum atomic E-state index is 13.4. The van der Waals surface area contributed by atoms with Gasteiger partial charge >= 0.3 is 0 Å². The molecular formula is C22H30FNS. The van der Waals surface area contributed by atoms with Gasteiger partial charge in [-0.15, -0.1) is 11.3 Å². The van der Waals surface area contributed by atoms with Crippen molar-refractivity contribution in [3.8, 4) is 0 Å². The molecule has 0 atom stereocenters. The van der Waals surface area contributed by atoms with Crippen LogP contribution in [0.25, 0.3) is 10.2 Å². The molecule has 2 fully saturated rings. The second-order valence-corrected chi connectivity index (χ2v) is 9.41. The fraction of sp³-hybridized carbons (Fsp3) is 0.682. The molecule has 2 saturated carbocycles. The molecule has 136 valence electrons. The number of nitrogens with zero attached hydrogens (tertiary/aromatic N) is 1. The molecule has 0 radical (unpaired) electrons. The molecule has 0 spiro atoms. The molecule has 1 heterocycles. The molecule has 1 nitrogen and oxygen atoms in total. The van der Waals surface area contributed by atoms with E-state index in [1.807, 2.05) is 6.07 Å². The monoisotopic (exact) mass is 359 g/mol. The van der Waals surface area contributed by atoms with Gasteiger partial charge in [0.2, 0.25) is 0 Å². The molecule has 0 saturated heterocycles. The van der Waals surface area contributed by atoms with Crippen LogP contribution >= 0.6 is 11.3 Å². The lowest BCUT2D eigenvalue weighted by atomic mass is 9.69. The number of thiazole rings is 1. The lowest BCUT2D eigenvalue weighted by Crippen LogP contribution is -2.25. The summed E-state index contributed by atoms with van der Waals surface area (Å²) in [5.41, 5.74) is 0.970. The quantitative estimate of drug-likeness (QED) is 0.557. The minimum Gasteiger partial charge on any atom is -0.241 e. The van der Waals surface area contributed by atoms with Crippen molar-refractivity contribution in [2.75, 3.05) is 0 Å². The molecule has 4 rings (SSSR count). The first-order valence-electron chi connectivity index (χ1n) is 10.3. The van der Waals surface area contributed by atoms with E-state index in [2.05, 4.69) is 6.92 Å². The molecular weight excluding hydrogens is 329 g/mol. The molecule has 0 unspecified atom stereocenters. The first-order valence-corrected chi connectivity index (χ1v) is 11.1. The van der Waals surface area contributed by atoms with Gasteiger partial charge in [-0.25, -0.2) is 9.37 Å². The molecule has 1 aromatic carbocycles.